The molecule has 100 valence electrons. The molecule has 1 heterocycles. The minimum absolute atomic E-state index is 0.00594. The van der Waals surface area contributed by atoms with Gasteiger partial charge in [-0.05, 0) is 13.3 Å². The van der Waals surface area contributed by atoms with Crippen LogP contribution in [0.15, 0.2) is 4.99 Å². The number of hydrogen-bond donors (Lipinski definition) is 1. The number of hydrogen-bond acceptors (Lipinski definition) is 3. The highest BCUT2D eigenvalue weighted by molar-refractivity contribution is 8.14. The zero-order valence-corrected chi connectivity index (χ0v) is 10.7. The average Bonchev–Trinajstić information content (AvgIpc) is 2.13. The van der Waals surface area contributed by atoms with Crippen LogP contribution in [0.3, 0.4) is 0 Å². The molecule has 7 heteroatoms. The molecule has 1 aliphatic rings. The summed E-state index contributed by atoms with van der Waals surface area (Å²) in [6.07, 6.45) is -3.19. The summed E-state index contributed by atoms with van der Waals surface area (Å²) in [5.41, 5.74) is 0. The molecule has 1 aliphatic heterocycles. The van der Waals surface area contributed by atoms with Crippen molar-refractivity contribution in [2.75, 3.05) is 19.8 Å². The van der Waals surface area contributed by atoms with Crippen LogP contribution in [0.25, 0.3) is 0 Å². The van der Waals surface area contributed by atoms with Crippen LogP contribution in [-0.2, 0) is 4.74 Å². The van der Waals surface area contributed by atoms with E-state index in [1.165, 1.54) is 0 Å². The van der Waals surface area contributed by atoms with Gasteiger partial charge < -0.3 is 10.1 Å². The minimum Gasteiger partial charge on any atom is -0.370 e. The van der Waals surface area contributed by atoms with Gasteiger partial charge in [0, 0.05) is 11.3 Å². The molecular formula is C10H17F3N2OS. The second-order valence-electron chi connectivity index (χ2n) is 4.06. The van der Waals surface area contributed by atoms with Gasteiger partial charge in [0.2, 0.25) is 0 Å². The second-order valence-corrected chi connectivity index (χ2v) is 5.49. The number of aliphatic imine (C=N–C) groups is 1. The van der Waals surface area contributed by atoms with Crippen molar-refractivity contribution >= 4 is 16.9 Å². The first kappa shape index (κ1) is 14.6. The lowest BCUT2D eigenvalue weighted by Gasteiger charge is -2.26. The van der Waals surface area contributed by atoms with Crippen molar-refractivity contribution in [3.63, 3.8) is 0 Å². The van der Waals surface area contributed by atoms with Crippen LogP contribution >= 0.6 is 11.8 Å². The Morgan fingerprint density at radius 3 is 2.76 bits per heavy atom. The van der Waals surface area contributed by atoms with Gasteiger partial charge in [0.05, 0.1) is 13.2 Å². The van der Waals surface area contributed by atoms with Gasteiger partial charge in [-0.2, -0.15) is 13.2 Å². The Hall–Kier alpha value is -0.430. The van der Waals surface area contributed by atoms with Crippen molar-refractivity contribution in [3.05, 3.63) is 0 Å². The Kier molecular flexibility index (Phi) is 5.58. The first-order chi connectivity index (χ1) is 7.87. The Morgan fingerprint density at radius 1 is 1.47 bits per heavy atom. The molecular weight excluding hydrogens is 253 g/mol. The van der Waals surface area contributed by atoms with Crippen LogP contribution in [0.1, 0.15) is 20.3 Å². The third-order valence-electron chi connectivity index (χ3n) is 2.12. The van der Waals surface area contributed by atoms with Crippen LogP contribution in [0.4, 0.5) is 13.2 Å². The zero-order valence-electron chi connectivity index (χ0n) is 9.88. The molecule has 17 heavy (non-hydrogen) atoms. The van der Waals surface area contributed by atoms with Crippen molar-refractivity contribution in [2.45, 2.75) is 37.7 Å². The smallest absolute Gasteiger partial charge is 0.370 e. The normalized spacial score (nSPS) is 28.2. The summed E-state index contributed by atoms with van der Waals surface area (Å²) < 4.78 is 39.8. The summed E-state index contributed by atoms with van der Waals surface area (Å²) >= 11 is 1.61. The highest BCUT2D eigenvalue weighted by Gasteiger charge is 2.27. The molecule has 2 atom stereocenters. The molecule has 0 spiro atoms. The lowest BCUT2D eigenvalue weighted by Crippen LogP contribution is -2.38. The molecule has 0 aromatic carbocycles. The van der Waals surface area contributed by atoms with Crippen LogP contribution in [-0.4, -0.2) is 42.4 Å². The van der Waals surface area contributed by atoms with Gasteiger partial charge in [-0.3, -0.25) is 4.99 Å². The van der Waals surface area contributed by atoms with E-state index in [4.69, 9.17) is 0 Å². The topological polar surface area (TPSA) is 33.6 Å². The number of nitrogens with zero attached hydrogens (tertiary/aromatic N) is 1. The van der Waals surface area contributed by atoms with E-state index in [0.717, 1.165) is 11.6 Å². The predicted octanol–water partition coefficient (Wildman–Crippen LogP) is 2.42. The third-order valence-corrected chi connectivity index (χ3v) is 3.19. The quantitative estimate of drug-likeness (QED) is 0.797. The SMILES string of the molecule is CC1CC(C)SC(=NCCOCC(F)(F)F)N1. The average molecular weight is 270 g/mol. The maximum atomic E-state index is 11.8. The summed E-state index contributed by atoms with van der Waals surface area (Å²) in [7, 11) is 0. The van der Waals surface area contributed by atoms with E-state index < -0.39 is 12.8 Å². The lowest BCUT2D eigenvalue weighted by molar-refractivity contribution is -0.173. The highest BCUT2D eigenvalue weighted by atomic mass is 32.2. The molecule has 1 rings (SSSR count). The van der Waals surface area contributed by atoms with Gasteiger partial charge in [-0.15, -0.1) is 0 Å². The minimum atomic E-state index is -4.26. The maximum Gasteiger partial charge on any atom is 0.411 e. The molecule has 2 unspecified atom stereocenters. The summed E-state index contributed by atoms with van der Waals surface area (Å²) in [4.78, 5) is 4.18. The van der Waals surface area contributed by atoms with Gasteiger partial charge in [0.25, 0.3) is 0 Å². The number of nitrogens with one attached hydrogen (secondary N) is 1. The van der Waals surface area contributed by atoms with Crippen molar-refractivity contribution in [1.82, 2.24) is 5.32 Å². The number of ether oxygens (including phenoxy) is 1. The summed E-state index contributed by atoms with van der Waals surface area (Å²) in [5, 5.41) is 4.47. The Bertz CT molecular complexity index is 259. The number of amidine groups is 1. The van der Waals surface area contributed by atoms with E-state index in [1.807, 2.05) is 0 Å². The zero-order chi connectivity index (χ0) is 12.9. The molecule has 0 radical (unpaired) electrons. The molecule has 0 aromatic heterocycles. The van der Waals surface area contributed by atoms with Crippen molar-refractivity contribution in [2.24, 2.45) is 4.99 Å². The summed E-state index contributed by atoms with van der Waals surface area (Å²) in [6.45, 7) is 3.22. The van der Waals surface area contributed by atoms with Gasteiger partial charge in [0.15, 0.2) is 5.17 Å². The number of halogens is 3. The molecule has 3 nitrogen and oxygen atoms in total. The molecule has 1 saturated heterocycles. The van der Waals surface area contributed by atoms with Crippen LogP contribution in [0.2, 0.25) is 0 Å². The fourth-order valence-corrected chi connectivity index (χ4v) is 2.72. The third kappa shape index (κ3) is 6.78. The number of thioether (sulfide) groups is 1. The van der Waals surface area contributed by atoms with E-state index >= 15 is 0 Å². The van der Waals surface area contributed by atoms with E-state index in [0.29, 0.717) is 11.3 Å². The molecule has 0 saturated carbocycles. The standard InChI is InChI=1S/C10H17F3N2OS/c1-7-5-8(2)17-9(15-7)14-3-4-16-6-10(11,12)13/h7-8H,3-6H2,1-2H3,(H,14,15). The Morgan fingerprint density at radius 2 is 2.18 bits per heavy atom. The van der Waals surface area contributed by atoms with E-state index in [2.05, 4.69) is 28.9 Å². The second kappa shape index (κ2) is 6.49. The molecule has 1 N–H and O–H groups in total. The van der Waals surface area contributed by atoms with Crippen LogP contribution < -0.4 is 5.32 Å². The van der Waals surface area contributed by atoms with Gasteiger partial charge in [-0.1, -0.05) is 18.7 Å². The first-order valence-corrected chi connectivity index (χ1v) is 6.37. The van der Waals surface area contributed by atoms with E-state index in [1.54, 1.807) is 11.8 Å². The van der Waals surface area contributed by atoms with Crippen molar-refractivity contribution < 1.29 is 17.9 Å². The molecule has 0 amide bonds. The summed E-state index contributed by atoms with van der Waals surface area (Å²) in [5.74, 6) is 0. The fraction of sp³-hybridized carbons (Fsp3) is 0.900. The molecule has 1 fully saturated rings. The summed E-state index contributed by atoms with van der Waals surface area (Å²) in [6, 6.07) is 0.362. The van der Waals surface area contributed by atoms with Gasteiger partial charge in [0.1, 0.15) is 6.61 Å². The largest absolute Gasteiger partial charge is 0.411 e. The molecule has 0 aromatic rings. The fourth-order valence-electron chi connectivity index (χ4n) is 1.52. The van der Waals surface area contributed by atoms with E-state index in [-0.39, 0.29) is 13.2 Å². The predicted molar refractivity (Wildman–Crippen MR) is 63.4 cm³/mol. The van der Waals surface area contributed by atoms with Gasteiger partial charge in [-0.25, -0.2) is 0 Å². The highest BCUT2D eigenvalue weighted by Crippen LogP contribution is 2.22. The first-order valence-electron chi connectivity index (χ1n) is 5.49. The number of rotatable bonds is 4. The van der Waals surface area contributed by atoms with Crippen molar-refractivity contribution in [3.8, 4) is 0 Å². The van der Waals surface area contributed by atoms with Crippen LogP contribution in [0, 0.1) is 0 Å². The van der Waals surface area contributed by atoms with Crippen LogP contribution in [0.5, 0.6) is 0 Å². The van der Waals surface area contributed by atoms with Crippen molar-refractivity contribution in [1.29, 1.82) is 0 Å². The lowest BCUT2D eigenvalue weighted by atomic mass is 10.2. The van der Waals surface area contributed by atoms with Gasteiger partial charge >= 0.3 is 6.18 Å². The molecule has 0 aliphatic carbocycles. The Balaban J connectivity index is 2.20. The maximum absolute atomic E-state index is 11.8. The number of alkyl halides is 3. The monoisotopic (exact) mass is 270 g/mol. The van der Waals surface area contributed by atoms with E-state index in [9.17, 15) is 13.2 Å². The molecule has 0 bridgehead atoms. The Labute approximate surface area is 103 Å².